The van der Waals surface area contributed by atoms with Crippen LogP contribution in [0.4, 0.5) is 0 Å². The third-order valence-corrected chi connectivity index (χ3v) is 13.2. The molecule has 30 atom stereocenters. The SMILES string of the molecule is OC[C@H]1OC2OC3[C@@H](CO)OC(O[C@H]4[C@H](O)[C@@H](O)C(O[C@H]5[C@H](O)[C@@H](O)C(O[C@H]6[C@H](O)[C@@H](O)C(OC7[C@@H](CO)OC(CC1[C@H](O)[C@H]2O)[C@H](O)[C@H]7O)O[C@@H]6CO)O[C@@H]5CO)O[C@@H]4CO)[C@H](O)[C@H]3O. The lowest BCUT2D eigenvalue weighted by Gasteiger charge is -2.50. The zero-order valence-corrected chi connectivity index (χ0v) is 34.8. The normalized spacial score (nSPS) is 55.4. The molecule has 12 bridgehead atoms. The maximum Gasteiger partial charge on any atom is 0.187 e. The minimum absolute atomic E-state index is 0.495. The van der Waals surface area contributed by atoms with Gasteiger partial charge in [0.05, 0.1) is 58.0 Å². The smallest absolute Gasteiger partial charge is 0.187 e. The van der Waals surface area contributed by atoms with Crippen molar-refractivity contribution in [1.29, 1.82) is 0 Å². The van der Waals surface area contributed by atoms with Crippen molar-refractivity contribution < 1.29 is 144 Å². The van der Waals surface area contributed by atoms with E-state index in [-0.39, 0.29) is 0 Å². The number of hydrogen-bond acceptors (Lipinski definition) is 29. The quantitative estimate of drug-likeness (QED) is 0.117. The van der Waals surface area contributed by atoms with Crippen molar-refractivity contribution in [3.8, 4) is 0 Å². The van der Waals surface area contributed by atoms with Crippen LogP contribution in [-0.4, -0.2) is 310 Å². The molecular formula is C37H62O29. The molecule has 0 spiro atoms. The van der Waals surface area contributed by atoms with E-state index in [4.69, 9.17) is 52.1 Å². The average Bonchev–Trinajstić information content (AvgIpc) is 3.31. The Hall–Kier alpha value is -1.16. The van der Waals surface area contributed by atoms with Gasteiger partial charge in [-0.3, -0.25) is 0 Å². The van der Waals surface area contributed by atoms with Crippen LogP contribution in [0.2, 0.25) is 0 Å². The molecule has 0 aliphatic carbocycles. The maximum atomic E-state index is 11.3. The van der Waals surface area contributed by atoms with Crippen LogP contribution >= 0.6 is 0 Å². The molecule has 66 heavy (non-hydrogen) atoms. The highest BCUT2D eigenvalue weighted by atomic mass is 16.8. The second-order valence-corrected chi connectivity index (χ2v) is 17.3. The van der Waals surface area contributed by atoms with E-state index in [2.05, 4.69) is 0 Å². The summed E-state index contributed by atoms with van der Waals surface area (Å²) in [6.07, 6.45) is -55.0. The molecule has 0 saturated carbocycles. The Morgan fingerprint density at radius 3 is 0.742 bits per heavy atom. The van der Waals surface area contributed by atoms with Gasteiger partial charge in [0.1, 0.15) is 128 Å². The zero-order valence-electron chi connectivity index (χ0n) is 34.8. The summed E-state index contributed by atoms with van der Waals surface area (Å²) >= 11 is 0. The van der Waals surface area contributed by atoms with E-state index in [1.165, 1.54) is 0 Å². The number of aliphatic hydroxyl groups excluding tert-OH is 18. The molecule has 384 valence electrons. The van der Waals surface area contributed by atoms with Crippen LogP contribution in [0.25, 0.3) is 0 Å². The second kappa shape index (κ2) is 22.1. The van der Waals surface area contributed by atoms with Crippen molar-refractivity contribution in [3.05, 3.63) is 0 Å². The van der Waals surface area contributed by atoms with Crippen molar-refractivity contribution in [2.45, 2.75) is 184 Å². The van der Waals surface area contributed by atoms with Crippen molar-refractivity contribution in [2.24, 2.45) is 5.92 Å². The van der Waals surface area contributed by atoms with E-state index < -0.39 is 230 Å². The van der Waals surface area contributed by atoms with E-state index >= 15 is 0 Å². The standard InChI is InChI=1S/C37H62O29/c38-2-10-8-1-9-17(45)18(46)28(11(3-39)56-9)62-34-24(52)20(48)30(13(5-41)58-34)64-36-26(54)22(50)32(15(7-43)60-36)66-37-27(55)21(49)31(14(6-42)61-37)65-35-25(53)19(47)29(12(4-40)59-35)63-33(57-10)23(51)16(8)44/h8-55H,1-7H2/t8?,9?,10-,11-,12-,13-,14-,15-,16+,17+,18-,19-,20-,21-,22-,23-,24-,25-,26-,27-,28?,29?,30-,31-,32-,33?,34?,35?,36?,37?/m1/s1. The average molecular weight is 971 g/mol. The summed E-state index contributed by atoms with van der Waals surface area (Å²) in [5.41, 5.74) is 0. The Balaban J connectivity index is 1.19. The van der Waals surface area contributed by atoms with Crippen LogP contribution in [0, 0.1) is 5.92 Å². The van der Waals surface area contributed by atoms with Crippen LogP contribution in [-0.2, 0) is 52.1 Å². The number of hydrogen-bond donors (Lipinski definition) is 18. The van der Waals surface area contributed by atoms with Crippen molar-refractivity contribution >= 4 is 0 Å². The van der Waals surface area contributed by atoms with Gasteiger partial charge in [-0.15, -0.1) is 0 Å². The molecule has 0 aromatic rings. The first-order valence-corrected chi connectivity index (χ1v) is 21.4. The molecule has 22 rings (SSSR count). The van der Waals surface area contributed by atoms with Gasteiger partial charge in [0.25, 0.3) is 0 Å². The number of aliphatic hydroxyl groups is 18. The topological polar surface area (TPSA) is 466 Å². The van der Waals surface area contributed by atoms with Gasteiger partial charge >= 0.3 is 0 Å². The number of rotatable bonds is 6. The Labute approximate surface area is 373 Å². The Morgan fingerprint density at radius 2 is 0.470 bits per heavy atom. The van der Waals surface area contributed by atoms with Gasteiger partial charge < -0.3 is 144 Å². The highest BCUT2D eigenvalue weighted by Crippen LogP contribution is 2.39. The fourth-order valence-electron chi connectivity index (χ4n) is 9.47. The highest BCUT2D eigenvalue weighted by Gasteiger charge is 2.58. The van der Waals surface area contributed by atoms with Crippen molar-refractivity contribution in [3.63, 3.8) is 0 Å². The van der Waals surface area contributed by atoms with E-state index in [0.717, 1.165) is 0 Å². The molecule has 0 aromatic carbocycles. The first kappa shape index (κ1) is 52.7. The fourth-order valence-corrected chi connectivity index (χ4v) is 9.47. The lowest BCUT2D eigenvalue weighted by atomic mass is 9.81. The summed E-state index contributed by atoms with van der Waals surface area (Å²) in [6, 6.07) is 0. The van der Waals surface area contributed by atoms with Gasteiger partial charge in [-0.05, 0) is 6.42 Å². The van der Waals surface area contributed by atoms with Crippen LogP contribution in [0.3, 0.4) is 0 Å². The monoisotopic (exact) mass is 970 g/mol. The Kier molecular flexibility index (Phi) is 17.6. The zero-order chi connectivity index (χ0) is 48.0. The predicted octanol–water partition coefficient (Wildman–Crippen LogP) is -12.4. The van der Waals surface area contributed by atoms with Crippen LogP contribution in [0.1, 0.15) is 6.42 Å². The minimum atomic E-state index is -2.14. The second-order valence-electron chi connectivity index (χ2n) is 17.3. The summed E-state index contributed by atoms with van der Waals surface area (Å²) in [5.74, 6) is -1.32. The number of ether oxygens (including phenoxy) is 11. The van der Waals surface area contributed by atoms with E-state index in [1.807, 2.05) is 0 Å². The summed E-state index contributed by atoms with van der Waals surface area (Å²) in [5, 5.41) is 196. The van der Waals surface area contributed by atoms with Gasteiger partial charge in [0.15, 0.2) is 31.5 Å². The lowest BCUT2D eigenvalue weighted by molar-refractivity contribution is -0.396. The molecule has 9 unspecified atom stereocenters. The molecule has 22 aliphatic rings. The summed E-state index contributed by atoms with van der Waals surface area (Å²) in [4.78, 5) is 0. The van der Waals surface area contributed by atoms with E-state index in [9.17, 15) is 91.9 Å². The van der Waals surface area contributed by atoms with E-state index in [0.29, 0.717) is 0 Å². The molecule has 29 nitrogen and oxygen atoms in total. The van der Waals surface area contributed by atoms with Gasteiger partial charge in [-0.25, -0.2) is 0 Å². The fraction of sp³-hybridized carbons (Fsp3) is 1.00. The first-order chi connectivity index (χ1) is 31.4. The van der Waals surface area contributed by atoms with Crippen molar-refractivity contribution in [2.75, 3.05) is 39.6 Å². The third kappa shape index (κ3) is 10.0. The molecular weight excluding hydrogens is 908 g/mol. The van der Waals surface area contributed by atoms with E-state index in [1.54, 1.807) is 0 Å². The molecule has 22 heterocycles. The van der Waals surface area contributed by atoms with Gasteiger partial charge in [-0.1, -0.05) is 0 Å². The summed E-state index contributed by atoms with van der Waals surface area (Å²) in [6.45, 7) is -5.72. The van der Waals surface area contributed by atoms with Gasteiger partial charge in [0, 0.05) is 5.92 Å². The molecule has 22 saturated heterocycles. The van der Waals surface area contributed by atoms with Crippen LogP contribution < -0.4 is 0 Å². The predicted molar refractivity (Wildman–Crippen MR) is 199 cm³/mol. The Bertz CT molecular complexity index is 1230. The molecule has 18 N–H and O–H groups in total. The molecule has 0 radical (unpaired) electrons. The van der Waals surface area contributed by atoms with Gasteiger partial charge in [-0.2, -0.15) is 0 Å². The van der Waals surface area contributed by atoms with Gasteiger partial charge in [0.2, 0.25) is 0 Å². The van der Waals surface area contributed by atoms with Crippen molar-refractivity contribution in [1.82, 2.24) is 0 Å². The first-order valence-electron chi connectivity index (χ1n) is 21.4. The molecule has 22 fully saturated rings. The molecule has 0 amide bonds. The highest BCUT2D eigenvalue weighted by molar-refractivity contribution is 5.02. The molecule has 29 heteroatoms. The van der Waals surface area contributed by atoms with Crippen LogP contribution in [0.5, 0.6) is 0 Å². The summed E-state index contributed by atoms with van der Waals surface area (Å²) < 4.78 is 62.8. The Morgan fingerprint density at radius 1 is 0.242 bits per heavy atom. The largest absolute Gasteiger partial charge is 0.394 e. The maximum absolute atomic E-state index is 11.3. The minimum Gasteiger partial charge on any atom is -0.394 e. The molecule has 0 aromatic heterocycles. The molecule has 22 aliphatic heterocycles. The summed E-state index contributed by atoms with van der Waals surface area (Å²) in [7, 11) is 0. The van der Waals surface area contributed by atoms with Crippen LogP contribution in [0.15, 0.2) is 0 Å². The third-order valence-electron chi connectivity index (χ3n) is 13.2. The lowest BCUT2D eigenvalue weighted by Crippen LogP contribution is -2.68.